The van der Waals surface area contributed by atoms with Crippen molar-refractivity contribution in [1.29, 1.82) is 0 Å². The number of aromatic nitrogens is 2. The van der Waals surface area contributed by atoms with Crippen LogP contribution in [0, 0.1) is 38.2 Å². The number of pyridine rings is 2. The number of halogens is 3. The summed E-state index contributed by atoms with van der Waals surface area (Å²) in [6, 6.07) is 20.7. The van der Waals surface area contributed by atoms with Gasteiger partial charge in [0.05, 0.1) is 11.0 Å². The van der Waals surface area contributed by atoms with Crippen LogP contribution in [0.25, 0.3) is 44.1 Å². The monoisotopic (exact) mass is 702 g/mol. The fourth-order valence-electron chi connectivity index (χ4n) is 3.59. The first-order chi connectivity index (χ1) is 18.7. The minimum atomic E-state index is -0.266. The van der Waals surface area contributed by atoms with Crippen LogP contribution in [0.15, 0.2) is 85.2 Å². The van der Waals surface area contributed by atoms with Gasteiger partial charge in [-0.25, -0.2) is 8.78 Å². The van der Waals surface area contributed by atoms with Gasteiger partial charge in [0.15, 0.2) is 0 Å². The number of rotatable bonds is 2. The summed E-state index contributed by atoms with van der Waals surface area (Å²) in [6.45, 7) is 18.0. The van der Waals surface area contributed by atoms with Crippen molar-refractivity contribution in [2.75, 3.05) is 0 Å². The summed E-state index contributed by atoms with van der Waals surface area (Å²) in [5.41, 5.74) is 5.35. The van der Waals surface area contributed by atoms with Crippen molar-refractivity contribution in [2.45, 2.75) is 0 Å². The molecule has 188 valence electrons. The first-order valence-corrected chi connectivity index (χ1v) is 13.2. The van der Waals surface area contributed by atoms with E-state index in [2.05, 4.69) is 36.6 Å². The first-order valence-electron chi connectivity index (χ1n) is 9.85. The zero-order valence-corrected chi connectivity index (χ0v) is 22.6. The predicted octanol–water partition coefficient (Wildman–Crippen LogP) is 6.93. The van der Waals surface area contributed by atoms with Crippen molar-refractivity contribution in [2.24, 2.45) is 0 Å². The number of hydrogen-bond donors (Lipinski definition) is 0. The second kappa shape index (κ2) is 19.4. The van der Waals surface area contributed by atoms with Gasteiger partial charge < -0.3 is 0 Å². The van der Waals surface area contributed by atoms with Crippen molar-refractivity contribution < 1.29 is 45.6 Å². The second-order valence-electron chi connectivity index (χ2n) is 6.59. The van der Waals surface area contributed by atoms with Gasteiger partial charge in [-0.1, -0.05) is 36.4 Å². The number of fused-ring (bicyclic) bond motifs is 3. The molecule has 0 aliphatic carbocycles. The topological polar surface area (TPSA) is 105 Å². The first kappa shape index (κ1) is 34.3. The number of benzene rings is 3. The summed E-state index contributed by atoms with van der Waals surface area (Å²) in [7, 11) is 4.69. The summed E-state index contributed by atoms with van der Waals surface area (Å²) in [4.78, 5) is 9.13. The summed E-state index contributed by atoms with van der Waals surface area (Å²) >= 11 is 1.19. The van der Waals surface area contributed by atoms with Crippen LogP contribution in [0.4, 0.5) is 8.78 Å². The van der Waals surface area contributed by atoms with E-state index in [-0.39, 0.29) is 11.6 Å². The normalized spacial score (nSPS) is 8.63. The summed E-state index contributed by atoms with van der Waals surface area (Å²) < 4.78 is 56.6. The van der Waals surface area contributed by atoms with Gasteiger partial charge in [-0.05, 0) is 58.7 Å². The average molecular weight is 702 g/mol. The standard InChI is InChI=1S/C24H14F2N2.4CO.ClH.Re/c25-17-5-1-15(2-6-17)19-11-13-27-23-21(19)9-10-22-20(12-14-28-24(22)23)16-3-7-18(26)8-4-16;4*1-2;;/h1-14H;;;;;1H;/q;;;;;;+1/p-1. The average Bonchev–Trinajstić information content (AvgIpc) is 3.02. The molecule has 6 nitrogen and oxygen atoms in total. The molecule has 0 unspecified atom stereocenters. The van der Waals surface area contributed by atoms with Crippen LogP contribution < -0.4 is 0 Å². The number of nitrogens with zero attached hydrogens (tertiary/aromatic N) is 2. The van der Waals surface area contributed by atoms with Crippen molar-refractivity contribution in [3.8, 4) is 22.3 Å². The molecule has 0 bridgehead atoms. The zero-order chi connectivity index (χ0) is 29.1. The molecule has 2 aromatic heterocycles. The Kier molecular flexibility index (Phi) is 17.5. The molecule has 0 fully saturated rings. The molecular formula is C28H14ClF2N2O4Re. The second-order valence-corrected chi connectivity index (χ2v) is 6.59. The van der Waals surface area contributed by atoms with E-state index in [1.807, 2.05) is 24.3 Å². The Hall–Kier alpha value is -3.75. The Bertz CT molecular complexity index is 1390. The maximum atomic E-state index is 13.3. The van der Waals surface area contributed by atoms with E-state index in [0.717, 1.165) is 44.1 Å². The predicted molar refractivity (Wildman–Crippen MR) is 129 cm³/mol. The quantitative estimate of drug-likeness (QED) is 0.113. The SMILES string of the molecule is Fc1ccc(-c2ccnc3c2ccc2c(-c4ccc(F)cc4)ccnc23)cc1.[C-]#[O+].[C-]#[O+].[C-]#[O+].[C-]#[O+].[Cl][Re]. The molecule has 5 aromatic rings. The molecule has 0 saturated heterocycles. The van der Waals surface area contributed by atoms with Crippen LogP contribution in [0.5, 0.6) is 0 Å². The van der Waals surface area contributed by atoms with Crippen molar-refractivity contribution in [3.05, 3.63) is 123 Å². The van der Waals surface area contributed by atoms with E-state index in [1.54, 1.807) is 36.7 Å². The fourth-order valence-corrected chi connectivity index (χ4v) is 3.59. The van der Waals surface area contributed by atoms with Crippen molar-refractivity contribution in [3.63, 3.8) is 0 Å². The molecule has 2 heterocycles. The molecular weight excluding hydrogens is 688 g/mol. The molecule has 5 rings (SSSR count). The van der Waals surface area contributed by atoms with Gasteiger partial charge >= 0.3 is 72.9 Å². The molecule has 3 aromatic carbocycles. The molecule has 38 heavy (non-hydrogen) atoms. The Morgan fingerprint density at radius 2 is 0.789 bits per heavy atom. The van der Waals surface area contributed by atoms with Crippen LogP contribution in [0.3, 0.4) is 0 Å². The maximum absolute atomic E-state index is 13.3. The van der Waals surface area contributed by atoms with E-state index < -0.39 is 0 Å². The third kappa shape index (κ3) is 8.40. The molecule has 0 aliphatic heterocycles. The van der Waals surface area contributed by atoms with Gasteiger partial charge in [0, 0.05) is 23.2 Å². The van der Waals surface area contributed by atoms with E-state index in [9.17, 15) is 8.78 Å². The molecule has 0 N–H and O–H groups in total. The Morgan fingerprint density at radius 3 is 1.08 bits per heavy atom. The molecule has 0 radical (unpaired) electrons. The third-order valence-electron chi connectivity index (χ3n) is 4.93. The van der Waals surface area contributed by atoms with Gasteiger partial charge in [0.2, 0.25) is 0 Å². The van der Waals surface area contributed by atoms with E-state index in [4.69, 9.17) is 28.1 Å². The minimum absolute atomic E-state index is 0.266. The van der Waals surface area contributed by atoms with Gasteiger partial charge in [-0.2, -0.15) is 0 Å². The van der Waals surface area contributed by atoms with Crippen LogP contribution in [-0.2, 0) is 36.8 Å². The van der Waals surface area contributed by atoms with Gasteiger partial charge in [0.25, 0.3) is 0 Å². The summed E-state index contributed by atoms with van der Waals surface area (Å²) in [5.74, 6) is -0.531. The Balaban J connectivity index is 0.00000124. The summed E-state index contributed by atoms with van der Waals surface area (Å²) in [5, 5.41) is 1.90. The summed E-state index contributed by atoms with van der Waals surface area (Å²) in [6.07, 6.45) is 3.49. The zero-order valence-electron chi connectivity index (χ0n) is 19.1. The van der Waals surface area contributed by atoms with E-state index >= 15 is 0 Å². The van der Waals surface area contributed by atoms with Crippen LogP contribution in [-0.4, -0.2) is 9.97 Å². The van der Waals surface area contributed by atoms with Crippen molar-refractivity contribution >= 4 is 31.3 Å². The van der Waals surface area contributed by atoms with Crippen molar-refractivity contribution in [1.82, 2.24) is 9.97 Å². The van der Waals surface area contributed by atoms with Gasteiger partial charge in [-0.15, -0.1) is 0 Å². The van der Waals surface area contributed by atoms with Crippen LogP contribution in [0.2, 0.25) is 0 Å². The van der Waals surface area contributed by atoms with Crippen LogP contribution in [0.1, 0.15) is 0 Å². The molecule has 0 spiro atoms. The fraction of sp³-hybridized carbons (Fsp3) is 0. The number of hydrogen-bond acceptors (Lipinski definition) is 2. The van der Waals surface area contributed by atoms with Gasteiger partial charge in [-0.3, -0.25) is 9.97 Å². The molecule has 0 amide bonds. The van der Waals surface area contributed by atoms with Gasteiger partial charge in [0.1, 0.15) is 11.6 Å². The van der Waals surface area contributed by atoms with E-state index in [0.29, 0.717) is 0 Å². The Labute approximate surface area is 231 Å². The third-order valence-corrected chi connectivity index (χ3v) is 4.93. The van der Waals surface area contributed by atoms with Crippen LogP contribution >= 0.6 is 9.53 Å². The van der Waals surface area contributed by atoms with E-state index in [1.165, 1.54) is 42.4 Å². The molecule has 0 saturated carbocycles. The molecule has 0 aliphatic rings. The molecule has 0 atom stereocenters. The Morgan fingerprint density at radius 1 is 0.500 bits per heavy atom. The molecule has 10 heteroatoms.